The summed E-state index contributed by atoms with van der Waals surface area (Å²) in [6, 6.07) is 11.2. The Bertz CT molecular complexity index is 853. The quantitative estimate of drug-likeness (QED) is 0.364. The third kappa shape index (κ3) is 5.15. The summed E-state index contributed by atoms with van der Waals surface area (Å²) in [5.74, 6) is -1.43. The Labute approximate surface area is 147 Å². The molecule has 2 aromatic carbocycles. The van der Waals surface area contributed by atoms with Crippen LogP contribution in [-0.2, 0) is 11.0 Å². The third-order valence-electron chi connectivity index (χ3n) is 3.40. The van der Waals surface area contributed by atoms with Crippen LogP contribution in [0.1, 0.15) is 27.0 Å². The Morgan fingerprint density at radius 2 is 1.42 bits per heavy atom. The topological polar surface area (TPSA) is 66.4 Å². The standard InChI is InChI=1S/C19H14F3NO3/c20-19(21,22)16-4-2-1-3-15(16)17(24)11-9-13-5-7-14(8-6-13)10-12-18(25)23-26/h1-12,26H,(H,23,25)/b11-9+,12-10+. The normalized spacial score (nSPS) is 11.8. The molecule has 0 heterocycles. The number of alkyl halides is 3. The number of benzene rings is 2. The van der Waals surface area contributed by atoms with E-state index in [4.69, 9.17) is 5.21 Å². The number of ketones is 1. The average molecular weight is 361 g/mol. The zero-order valence-corrected chi connectivity index (χ0v) is 13.3. The van der Waals surface area contributed by atoms with Gasteiger partial charge in [0.1, 0.15) is 0 Å². The van der Waals surface area contributed by atoms with Crippen molar-refractivity contribution in [1.29, 1.82) is 0 Å². The van der Waals surface area contributed by atoms with Crippen molar-refractivity contribution in [2.45, 2.75) is 6.18 Å². The lowest BCUT2D eigenvalue weighted by molar-refractivity contribution is -0.137. The van der Waals surface area contributed by atoms with Gasteiger partial charge in [0.15, 0.2) is 5.78 Å². The second-order valence-electron chi connectivity index (χ2n) is 5.22. The van der Waals surface area contributed by atoms with Gasteiger partial charge in [0.25, 0.3) is 5.91 Å². The molecule has 26 heavy (non-hydrogen) atoms. The van der Waals surface area contributed by atoms with Gasteiger partial charge in [-0.15, -0.1) is 0 Å². The van der Waals surface area contributed by atoms with Crippen molar-refractivity contribution in [2.75, 3.05) is 0 Å². The fourth-order valence-electron chi connectivity index (χ4n) is 2.13. The predicted molar refractivity (Wildman–Crippen MR) is 90.2 cm³/mol. The molecule has 7 heteroatoms. The summed E-state index contributed by atoms with van der Waals surface area (Å²) >= 11 is 0. The molecule has 2 rings (SSSR count). The van der Waals surface area contributed by atoms with Crippen LogP contribution in [0.2, 0.25) is 0 Å². The molecular weight excluding hydrogens is 347 g/mol. The molecule has 0 atom stereocenters. The third-order valence-corrected chi connectivity index (χ3v) is 3.40. The molecule has 0 bridgehead atoms. The lowest BCUT2D eigenvalue weighted by Gasteiger charge is -2.10. The van der Waals surface area contributed by atoms with Crippen molar-refractivity contribution >= 4 is 23.8 Å². The van der Waals surface area contributed by atoms with Crippen LogP contribution in [0.5, 0.6) is 0 Å². The van der Waals surface area contributed by atoms with Gasteiger partial charge in [-0.25, -0.2) is 5.48 Å². The lowest BCUT2D eigenvalue weighted by Crippen LogP contribution is -2.14. The maximum atomic E-state index is 12.9. The largest absolute Gasteiger partial charge is 0.417 e. The first-order valence-corrected chi connectivity index (χ1v) is 7.42. The van der Waals surface area contributed by atoms with E-state index in [1.54, 1.807) is 24.3 Å². The Morgan fingerprint density at radius 3 is 1.96 bits per heavy atom. The van der Waals surface area contributed by atoms with E-state index in [9.17, 15) is 22.8 Å². The second-order valence-corrected chi connectivity index (χ2v) is 5.22. The fourth-order valence-corrected chi connectivity index (χ4v) is 2.13. The molecule has 134 valence electrons. The maximum absolute atomic E-state index is 12.9. The Kier molecular flexibility index (Phi) is 6.08. The molecule has 2 aromatic rings. The van der Waals surface area contributed by atoms with Crippen LogP contribution in [0.25, 0.3) is 12.2 Å². The van der Waals surface area contributed by atoms with E-state index < -0.39 is 29.0 Å². The molecule has 0 saturated heterocycles. The summed E-state index contributed by atoms with van der Waals surface area (Å²) in [5.41, 5.74) is 1.34. The first-order chi connectivity index (χ1) is 12.3. The number of carbonyl (C=O) groups excluding carboxylic acids is 2. The highest BCUT2D eigenvalue weighted by Gasteiger charge is 2.34. The number of hydroxylamine groups is 1. The Hall–Kier alpha value is -3.19. The first kappa shape index (κ1) is 19.1. The molecule has 0 fully saturated rings. The van der Waals surface area contributed by atoms with Crippen molar-refractivity contribution in [3.8, 4) is 0 Å². The van der Waals surface area contributed by atoms with E-state index in [2.05, 4.69) is 0 Å². The molecule has 0 aliphatic carbocycles. The van der Waals surface area contributed by atoms with Crippen molar-refractivity contribution < 1.29 is 28.0 Å². The zero-order chi connectivity index (χ0) is 19.2. The number of rotatable bonds is 5. The summed E-state index contributed by atoms with van der Waals surface area (Å²) in [6.45, 7) is 0. The molecule has 4 nitrogen and oxygen atoms in total. The van der Waals surface area contributed by atoms with Crippen LogP contribution < -0.4 is 5.48 Å². The van der Waals surface area contributed by atoms with Crippen molar-refractivity contribution in [3.05, 3.63) is 82.9 Å². The Morgan fingerprint density at radius 1 is 0.885 bits per heavy atom. The van der Waals surface area contributed by atoms with Gasteiger partial charge >= 0.3 is 6.18 Å². The molecule has 0 aliphatic heterocycles. The van der Waals surface area contributed by atoms with Crippen LogP contribution in [0.15, 0.2) is 60.7 Å². The van der Waals surface area contributed by atoms with Crippen LogP contribution in [0, 0.1) is 0 Å². The average Bonchev–Trinajstić information content (AvgIpc) is 2.64. The SMILES string of the molecule is O=C(/C=C/c1ccc(/C=C/C(=O)c2ccccc2C(F)(F)F)cc1)NO. The van der Waals surface area contributed by atoms with Crippen LogP contribution in [0.3, 0.4) is 0 Å². The van der Waals surface area contributed by atoms with Gasteiger partial charge in [-0.3, -0.25) is 14.8 Å². The molecule has 1 amide bonds. The van der Waals surface area contributed by atoms with Crippen LogP contribution in [-0.4, -0.2) is 16.9 Å². The van der Waals surface area contributed by atoms with E-state index in [1.807, 2.05) is 0 Å². The predicted octanol–water partition coefficient (Wildman–Crippen LogP) is 4.12. The summed E-state index contributed by atoms with van der Waals surface area (Å²) < 4.78 is 38.8. The van der Waals surface area contributed by atoms with Gasteiger partial charge in [0.05, 0.1) is 5.56 Å². The second kappa shape index (κ2) is 8.26. The molecule has 0 saturated carbocycles. The zero-order valence-electron chi connectivity index (χ0n) is 13.3. The maximum Gasteiger partial charge on any atom is 0.417 e. The van der Waals surface area contributed by atoms with Gasteiger partial charge in [0.2, 0.25) is 0 Å². The van der Waals surface area contributed by atoms with Crippen LogP contribution >= 0.6 is 0 Å². The lowest BCUT2D eigenvalue weighted by atomic mass is 10.0. The van der Waals surface area contributed by atoms with E-state index in [-0.39, 0.29) is 0 Å². The molecule has 0 unspecified atom stereocenters. The number of halogens is 3. The molecule has 0 aliphatic rings. The molecular formula is C19H14F3NO3. The van der Waals surface area contributed by atoms with Gasteiger partial charge in [-0.2, -0.15) is 13.2 Å². The number of carbonyl (C=O) groups is 2. The highest BCUT2D eigenvalue weighted by Crippen LogP contribution is 2.32. The summed E-state index contributed by atoms with van der Waals surface area (Å²) in [4.78, 5) is 23.0. The monoisotopic (exact) mass is 361 g/mol. The summed E-state index contributed by atoms with van der Waals surface area (Å²) in [6.07, 6.45) is 0.471. The number of allylic oxidation sites excluding steroid dienone is 1. The number of nitrogens with one attached hydrogen (secondary N) is 1. The van der Waals surface area contributed by atoms with Gasteiger partial charge in [0, 0.05) is 11.6 Å². The van der Waals surface area contributed by atoms with Gasteiger partial charge in [-0.1, -0.05) is 48.5 Å². The molecule has 0 spiro atoms. The van der Waals surface area contributed by atoms with Crippen LogP contribution in [0.4, 0.5) is 13.2 Å². The fraction of sp³-hybridized carbons (Fsp3) is 0.0526. The number of hydrogen-bond donors (Lipinski definition) is 2. The molecule has 2 N–H and O–H groups in total. The minimum atomic E-state index is -4.60. The highest BCUT2D eigenvalue weighted by molar-refractivity contribution is 6.07. The van der Waals surface area contributed by atoms with Gasteiger partial charge < -0.3 is 0 Å². The Balaban J connectivity index is 2.14. The van der Waals surface area contributed by atoms with E-state index in [0.29, 0.717) is 11.1 Å². The highest BCUT2D eigenvalue weighted by atomic mass is 19.4. The number of amides is 1. The van der Waals surface area contributed by atoms with Crippen molar-refractivity contribution in [1.82, 2.24) is 5.48 Å². The van der Waals surface area contributed by atoms with Crippen molar-refractivity contribution in [2.24, 2.45) is 0 Å². The molecule has 0 radical (unpaired) electrons. The van der Waals surface area contributed by atoms with Crippen molar-refractivity contribution in [3.63, 3.8) is 0 Å². The molecule has 0 aromatic heterocycles. The smallest absolute Gasteiger partial charge is 0.289 e. The first-order valence-electron chi connectivity index (χ1n) is 7.42. The van der Waals surface area contributed by atoms with Gasteiger partial charge in [-0.05, 0) is 29.3 Å². The van der Waals surface area contributed by atoms with E-state index >= 15 is 0 Å². The minimum absolute atomic E-state index is 0.411. The summed E-state index contributed by atoms with van der Waals surface area (Å²) in [5, 5.41) is 8.38. The minimum Gasteiger partial charge on any atom is -0.289 e. The summed E-state index contributed by atoms with van der Waals surface area (Å²) in [7, 11) is 0. The van der Waals surface area contributed by atoms with E-state index in [0.717, 1.165) is 24.3 Å². The number of hydrogen-bond acceptors (Lipinski definition) is 3. The van der Waals surface area contributed by atoms with E-state index in [1.165, 1.54) is 29.8 Å².